The number of Topliss-reactive ketones (excluding diaryl/α,β-unsaturated/α-hetero) is 1. The summed E-state index contributed by atoms with van der Waals surface area (Å²) in [6, 6.07) is 0.472. The van der Waals surface area contributed by atoms with E-state index in [1.54, 1.807) is 0 Å². The lowest BCUT2D eigenvalue weighted by Crippen LogP contribution is -2.42. The monoisotopic (exact) mass is 253 g/mol. The molecule has 0 aliphatic carbocycles. The molecule has 0 spiro atoms. The Morgan fingerprint density at radius 3 is 3.00 bits per heavy atom. The predicted molar refractivity (Wildman–Crippen MR) is 64.1 cm³/mol. The molecular formula is C12H19N3O3. The maximum atomic E-state index is 11.0. The third-order valence-corrected chi connectivity index (χ3v) is 3.00. The van der Waals surface area contributed by atoms with Crippen LogP contribution in [0, 0.1) is 0 Å². The van der Waals surface area contributed by atoms with Gasteiger partial charge in [-0.05, 0) is 20.8 Å². The van der Waals surface area contributed by atoms with Crippen LogP contribution in [0.5, 0.6) is 0 Å². The van der Waals surface area contributed by atoms with Crippen LogP contribution in [-0.2, 0) is 16.0 Å². The van der Waals surface area contributed by atoms with Gasteiger partial charge in [0, 0.05) is 19.1 Å². The maximum absolute atomic E-state index is 11.0. The molecule has 1 aromatic heterocycles. The Balaban J connectivity index is 2.02. The molecule has 1 saturated heterocycles. The lowest BCUT2D eigenvalue weighted by Gasteiger charge is -2.34. The van der Waals surface area contributed by atoms with Crippen molar-refractivity contribution in [1.82, 2.24) is 15.0 Å². The van der Waals surface area contributed by atoms with Crippen LogP contribution in [0.15, 0.2) is 4.52 Å². The van der Waals surface area contributed by atoms with Crippen LogP contribution in [-0.4, -0.2) is 46.6 Å². The van der Waals surface area contributed by atoms with E-state index < -0.39 is 0 Å². The molecule has 1 aromatic rings. The molecule has 1 atom stereocenters. The van der Waals surface area contributed by atoms with Gasteiger partial charge in [0.25, 0.3) is 0 Å². The molecule has 6 heteroatoms. The van der Waals surface area contributed by atoms with Crippen LogP contribution in [0.4, 0.5) is 0 Å². The van der Waals surface area contributed by atoms with Crippen molar-refractivity contribution in [1.29, 1.82) is 0 Å². The average molecular weight is 253 g/mol. The van der Waals surface area contributed by atoms with Crippen molar-refractivity contribution in [3.8, 4) is 0 Å². The number of carbonyl (C=O) groups excluding carboxylic acids is 1. The Hall–Kier alpha value is -1.27. The van der Waals surface area contributed by atoms with E-state index >= 15 is 0 Å². The van der Waals surface area contributed by atoms with Crippen molar-refractivity contribution < 1.29 is 14.1 Å². The lowest BCUT2D eigenvalue weighted by molar-refractivity contribution is -0.116. The van der Waals surface area contributed by atoms with Crippen molar-refractivity contribution in [2.45, 2.75) is 39.3 Å². The molecule has 6 nitrogen and oxygen atoms in total. The van der Waals surface area contributed by atoms with Crippen LogP contribution >= 0.6 is 0 Å². The van der Waals surface area contributed by atoms with Gasteiger partial charge < -0.3 is 9.26 Å². The summed E-state index contributed by atoms with van der Waals surface area (Å²) in [6.07, 6.45) is 0.0266. The highest BCUT2D eigenvalue weighted by molar-refractivity contribution is 5.77. The van der Waals surface area contributed by atoms with Gasteiger partial charge in [0.1, 0.15) is 11.9 Å². The number of rotatable bonds is 4. The summed E-state index contributed by atoms with van der Waals surface area (Å²) in [6.45, 7) is 8.16. The molecule has 18 heavy (non-hydrogen) atoms. The van der Waals surface area contributed by atoms with Gasteiger partial charge in [-0.25, -0.2) is 0 Å². The molecule has 0 bridgehead atoms. The summed E-state index contributed by atoms with van der Waals surface area (Å²) in [4.78, 5) is 17.5. The first-order valence-corrected chi connectivity index (χ1v) is 6.24. The summed E-state index contributed by atoms with van der Waals surface area (Å²) in [7, 11) is 0. The van der Waals surface area contributed by atoms with Gasteiger partial charge >= 0.3 is 0 Å². The lowest BCUT2D eigenvalue weighted by atomic mass is 10.2. The number of nitrogens with zero attached hydrogens (tertiary/aromatic N) is 3. The maximum Gasteiger partial charge on any atom is 0.234 e. The standard InChI is InChI=1S/C12H19N3O3/c1-8(2)15-4-5-17-10(7-15)12-13-11(18-14-12)6-9(3)16/h8,10H,4-7H2,1-3H3. The summed E-state index contributed by atoms with van der Waals surface area (Å²) in [5.41, 5.74) is 0. The van der Waals surface area contributed by atoms with E-state index in [1.165, 1.54) is 6.92 Å². The second kappa shape index (κ2) is 5.58. The van der Waals surface area contributed by atoms with Gasteiger partial charge in [-0.15, -0.1) is 0 Å². The second-order valence-corrected chi connectivity index (χ2v) is 4.87. The first kappa shape index (κ1) is 13.2. The fourth-order valence-electron chi connectivity index (χ4n) is 1.98. The largest absolute Gasteiger partial charge is 0.367 e. The topological polar surface area (TPSA) is 68.5 Å². The second-order valence-electron chi connectivity index (χ2n) is 4.87. The highest BCUT2D eigenvalue weighted by Gasteiger charge is 2.27. The van der Waals surface area contributed by atoms with Crippen LogP contribution in [0.25, 0.3) is 0 Å². The van der Waals surface area contributed by atoms with Gasteiger partial charge in [-0.1, -0.05) is 5.16 Å². The third-order valence-electron chi connectivity index (χ3n) is 3.00. The molecule has 2 heterocycles. The zero-order chi connectivity index (χ0) is 13.1. The Morgan fingerprint density at radius 2 is 2.33 bits per heavy atom. The highest BCUT2D eigenvalue weighted by Crippen LogP contribution is 2.21. The SMILES string of the molecule is CC(=O)Cc1nc(C2CN(C(C)C)CCO2)no1. The Labute approximate surface area is 106 Å². The Bertz CT molecular complexity index is 416. The minimum Gasteiger partial charge on any atom is -0.367 e. The van der Waals surface area contributed by atoms with E-state index in [2.05, 4.69) is 28.9 Å². The van der Waals surface area contributed by atoms with E-state index in [0.717, 1.165) is 13.1 Å². The van der Waals surface area contributed by atoms with Crippen LogP contribution < -0.4 is 0 Å². The molecule has 2 rings (SSSR count). The molecule has 1 unspecified atom stereocenters. The Morgan fingerprint density at radius 1 is 1.56 bits per heavy atom. The normalized spacial score (nSPS) is 21.4. The third kappa shape index (κ3) is 3.14. The zero-order valence-corrected chi connectivity index (χ0v) is 11.0. The molecule has 0 aromatic carbocycles. The molecule has 1 aliphatic rings. The van der Waals surface area contributed by atoms with Crippen LogP contribution in [0.1, 0.15) is 38.6 Å². The summed E-state index contributed by atoms with van der Waals surface area (Å²) < 4.78 is 10.7. The van der Waals surface area contributed by atoms with E-state index in [-0.39, 0.29) is 18.3 Å². The number of morpholine rings is 1. The average Bonchev–Trinajstić information content (AvgIpc) is 2.77. The summed E-state index contributed by atoms with van der Waals surface area (Å²) in [5.74, 6) is 0.915. The molecular weight excluding hydrogens is 234 g/mol. The number of carbonyl (C=O) groups is 1. The molecule has 0 amide bonds. The van der Waals surface area contributed by atoms with Crippen molar-refractivity contribution in [2.75, 3.05) is 19.7 Å². The first-order chi connectivity index (χ1) is 8.56. The van der Waals surface area contributed by atoms with Gasteiger partial charge in [-0.2, -0.15) is 4.98 Å². The van der Waals surface area contributed by atoms with Gasteiger partial charge in [0.15, 0.2) is 0 Å². The highest BCUT2D eigenvalue weighted by atomic mass is 16.5. The fraction of sp³-hybridized carbons (Fsp3) is 0.750. The van der Waals surface area contributed by atoms with Crippen molar-refractivity contribution in [2.24, 2.45) is 0 Å². The zero-order valence-electron chi connectivity index (χ0n) is 11.0. The van der Waals surface area contributed by atoms with Gasteiger partial charge in [-0.3, -0.25) is 9.69 Å². The fourth-order valence-corrected chi connectivity index (χ4v) is 1.98. The molecule has 100 valence electrons. The Kier molecular flexibility index (Phi) is 4.08. The quantitative estimate of drug-likeness (QED) is 0.797. The summed E-state index contributed by atoms with van der Waals surface area (Å²) >= 11 is 0. The first-order valence-electron chi connectivity index (χ1n) is 6.24. The van der Waals surface area contributed by atoms with E-state index in [1.807, 2.05) is 0 Å². The molecule has 0 saturated carbocycles. The number of aromatic nitrogens is 2. The molecule has 1 fully saturated rings. The van der Waals surface area contributed by atoms with Crippen molar-refractivity contribution in [3.63, 3.8) is 0 Å². The van der Waals surface area contributed by atoms with E-state index in [4.69, 9.17) is 9.26 Å². The van der Waals surface area contributed by atoms with Crippen molar-refractivity contribution >= 4 is 5.78 Å². The number of hydrogen-bond donors (Lipinski definition) is 0. The predicted octanol–water partition coefficient (Wildman–Crippen LogP) is 0.983. The number of hydrogen-bond acceptors (Lipinski definition) is 6. The van der Waals surface area contributed by atoms with Gasteiger partial charge in [0.2, 0.25) is 11.7 Å². The number of ether oxygens (including phenoxy) is 1. The smallest absolute Gasteiger partial charge is 0.234 e. The van der Waals surface area contributed by atoms with Gasteiger partial charge in [0.05, 0.1) is 13.0 Å². The molecule has 1 aliphatic heterocycles. The molecule has 0 N–H and O–H groups in total. The van der Waals surface area contributed by atoms with E-state index in [9.17, 15) is 4.79 Å². The van der Waals surface area contributed by atoms with Crippen LogP contribution in [0.2, 0.25) is 0 Å². The minimum atomic E-state index is -0.161. The van der Waals surface area contributed by atoms with E-state index in [0.29, 0.717) is 24.4 Å². The minimum absolute atomic E-state index is 0.0126. The summed E-state index contributed by atoms with van der Waals surface area (Å²) in [5, 5.41) is 3.90. The van der Waals surface area contributed by atoms with Crippen molar-refractivity contribution in [3.05, 3.63) is 11.7 Å². The van der Waals surface area contributed by atoms with Crippen LogP contribution in [0.3, 0.4) is 0 Å². The molecule has 0 radical (unpaired) electrons. The number of ketones is 1.